The van der Waals surface area contributed by atoms with E-state index in [4.69, 9.17) is 4.74 Å². The molecule has 0 spiro atoms. The van der Waals surface area contributed by atoms with Crippen molar-refractivity contribution in [3.05, 3.63) is 35.1 Å². The van der Waals surface area contributed by atoms with Crippen molar-refractivity contribution in [3.63, 3.8) is 0 Å². The molecule has 2 unspecified atom stereocenters. The van der Waals surface area contributed by atoms with Crippen LogP contribution >= 0.6 is 0 Å². The lowest BCUT2D eigenvalue weighted by Crippen LogP contribution is -2.50. The topological polar surface area (TPSA) is 83.0 Å². The van der Waals surface area contributed by atoms with Crippen LogP contribution in [0.2, 0.25) is 0 Å². The van der Waals surface area contributed by atoms with E-state index in [0.717, 1.165) is 11.1 Å². The lowest BCUT2D eigenvalue weighted by atomic mass is 10.1. The minimum absolute atomic E-state index is 0.00971. The largest absolute Gasteiger partial charge is 0.373 e. The molecule has 1 heterocycles. The Morgan fingerprint density at radius 2 is 1.89 bits per heavy atom. The molecule has 2 rings (SSSR count). The van der Waals surface area contributed by atoms with E-state index in [1.54, 1.807) is 13.1 Å². The number of rotatable bonds is 7. The van der Waals surface area contributed by atoms with Gasteiger partial charge in [-0.25, -0.2) is 12.8 Å². The SMILES string of the molecule is CN=C(NCCc1ccc(F)cc1C)NCCS(=O)(=O)N1CC(C)OC(C)C1. The first kappa shape index (κ1) is 22.6. The van der Waals surface area contributed by atoms with Gasteiger partial charge in [0.25, 0.3) is 0 Å². The highest BCUT2D eigenvalue weighted by molar-refractivity contribution is 7.89. The van der Waals surface area contributed by atoms with Crippen LogP contribution in [0.3, 0.4) is 0 Å². The van der Waals surface area contributed by atoms with Gasteiger partial charge in [-0.1, -0.05) is 6.07 Å². The molecule has 0 amide bonds. The van der Waals surface area contributed by atoms with E-state index < -0.39 is 10.0 Å². The predicted octanol–water partition coefficient (Wildman–Crippen LogP) is 1.28. The summed E-state index contributed by atoms with van der Waals surface area (Å²) in [5.41, 5.74) is 1.97. The molecule has 0 aliphatic carbocycles. The van der Waals surface area contributed by atoms with Crippen LogP contribution in [0.25, 0.3) is 0 Å². The normalized spacial score (nSPS) is 21.5. The van der Waals surface area contributed by atoms with Gasteiger partial charge in [0, 0.05) is 33.2 Å². The lowest BCUT2D eigenvalue weighted by Gasteiger charge is -2.34. The van der Waals surface area contributed by atoms with Gasteiger partial charge in [0.05, 0.1) is 18.0 Å². The Balaban J connectivity index is 1.77. The Labute approximate surface area is 167 Å². The van der Waals surface area contributed by atoms with Gasteiger partial charge in [0.2, 0.25) is 10.0 Å². The van der Waals surface area contributed by atoms with Gasteiger partial charge >= 0.3 is 0 Å². The van der Waals surface area contributed by atoms with Gasteiger partial charge < -0.3 is 15.4 Å². The summed E-state index contributed by atoms with van der Waals surface area (Å²) in [7, 11) is -1.72. The molecule has 1 aromatic rings. The molecule has 1 aliphatic rings. The summed E-state index contributed by atoms with van der Waals surface area (Å²) < 4.78 is 45.4. The zero-order valence-electron chi connectivity index (χ0n) is 17.0. The molecular formula is C19H31FN4O3S. The molecule has 1 saturated heterocycles. The zero-order valence-corrected chi connectivity index (χ0v) is 17.9. The molecule has 1 fully saturated rings. The minimum Gasteiger partial charge on any atom is -0.373 e. The first-order chi connectivity index (χ1) is 13.2. The molecule has 28 heavy (non-hydrogen) atoms. The fourth-order valence-corrected chi connectivity index (χ4v) is 4.75. The summed E-state index contributed by atoms with van der Waals surface area (Å²) in [5, 5.41) is 6.20. The number of aryl methyl sites for hydroxylation is 1. The number of guanidine groups is 1. The average molecular weight is 415 g/mol. The maximum absolute atomic E-state index is 13.2. The molecule has 0 saturated carbocycles. The third-order valence-corrected chi connectivity index (χ3v) is 6.45. The van der Waals surface area contributed by atoms with Crippen molar-refractivity contribution in [1.29, 1.82) is 0 Å². The van der Waals surface area contributed by atoms with Crippen LogP contribution < -0.4 is 10.6 Å². The first-order valence-electron chi connectivity index (χ1n) is 9.54. The Bertz CT molecular complexity index is 775. The van der Waals surface area contributed by atoms with Crippen LogP contribution in [0.4, 0.5) is 4.39 Å². The molecule has 0 radical (unpaired) electrons. The van der Waals surface area contributed by atoms with E-state index in [0.29, 0.717) is 32.0 Å². The van der Waals surface area contributed by atoms with Crippen molar-refractivity contribution >= 4 is 16.0 Å². The Morgan fingerprint density at radius 3 is 2.50 bits per heavy atom. The number of hydrogen-bond donors (Lipinski definition) is 2. The van der Waals surface area contributed by atoms with Gasteiger partial charge in [-0.15, -0.1) is 0 Å². The first-order valence-corrected chi connectivity index (χ1v) is 11.1. The summed E-state index contributed by atoms with van der Waals surface area (Å²) in [4.78, 5) is 4.12. The number of ether oxygens (including phenoxy) is 1. The van der Waals surface area contributed by atoms with Gasteiger partial charge in [-0.05, 0) is 50.5 Å². The van der Waals surface area contributed by atoms with Gasteiger partial charge in [0.15, 0.2) is 5.96 Å². The second-order valence-corrected chi connectivity index (χ2v) is 9.23. The Kier molecular flexibility index (Phi) is 8.21. The highest BCUT2D eigenvalue weighted by Crippen LogP contribution is 2.14. The monoisotopic (exact) mass is 414 g/mol. The summed E-state index contributed by atoms with van der Waals surface area (Å²) in [6.07, 6.45) is 0.515. The number of halogens is 1. The second kappa shape index (κ2) is 10.2. The van der Waals surface area contributed by atoms with Crippen LogP contribution in [0.1, 0.15) is 25.0 Å². The minimum atomic E-state index is -3.35. The standard InChI is InChI=1S/C19H31FN4O3S/c1-14-11-18(20)6-5-17(14)7-8-22-19(21-4)23-9-10-28(25,26)24-12-15(2)27-16(3)13-24/h5-6,11,15-16H,7-10,12-13H2,1-4H3,(H2,21,22,23). The predicted molar refractivity (Wildman–Crippen MR) is 110 cm³/mol. The average Bonchev–Trinajstić information content (AvgIpc) is 2.61. The maximum Gasteiger partial charge on any atom is 0.216 e. The van der Waals surface area contributed by atoms with Crippen LogP contribution in [-0.4, -0.2) is 69.9 Å². The molecule has 9 heteroatoms. The van der Waals surface area contributed by atoms with Crippen molar-refractivity contribution in [2.75, 3.05) is 39.0 Å². The molecular weight excluding hydrogens is 383 g/mol. The smallest absolute Gasteiger partial charge is 0.216 e. The second-order valence-electron chi connectivity index (χ2n) is 7.14. The highest BCUT2D eigenvalue weighted by Gasteiger charge is 2.30. The fraction of sp³-hybridized carbons (Fsp3) is 0.632. The molecule has 2 atom stereocenters. The zero-order chi connectivity index (χ0) is 20.7. The molecule has 0 bridgehead atoms. The van der Waals surface area contributed by atoms with Crippen molar-refractivity contribution in [2.45, 2.75) is 39.4 Å². The third-order valence-electron chi connectivity index (χ3n) is 4.65. The third kappa shape index (κ3) is 6.72. The van der Waals surface area contributed by atoms with E-state index in [9.17, 15) is 12.8 Å². The van der Waals surface area contributed by atoms with Gasteiger partial charge in [0.1, 0.15) is 5.82 Å². The number of nitrogens with one attached hydrogen (secondary N) is 2. The van der Waals surface area contributed by atoms with Crippen molar-refractivity contribution in [3.8, 4) is 0 Å². The molecule has 1 aromatic carbocycles. The van der Waals surface area contributed by atoms with Gasteiger partial charge in [-0.2, -0.15) is 4.31 Å². The number of morpholine rings is 1. The van der Waals surface area contributed by atoms with E-state index in [1.807, 2.05) is 20.8 Å². The molecule has 0 aromatic heterocycles. The van der Waals surface area contributed by atoms with Crippen molar-refractivity contribution in [2.24, 2.45) is 4.99 Å². The lowest BCUT2D eigenvalue weighted by molar-refractivity contribution is -0.0440. The molecule has 2 N–H and O–H groups in total. The number of sulfonamides is 1. The summed E-state index contributed by atoms with van der Waals surface area (Å²) in [5.74, 6) is 0.292. The van der Waals surface area contributed by atoms with Gasteiger partial charge in [-0.3, -0.25) is 4.99 Å². The van der Waals surface area contributed by atoms with Crippen molar-refractivity contribution < 1.29 is 17.5 Å². The summed E-state index contributed by atoms with van der Waals surface area (Å²) in [6, 6.07) is 4.74. The van der Waals surface area contributed by atoms with E-state index in [2.05, 4.69) is 15.6 Å². The molecule has 1 aliphatic heterocycles. The number of aliphatic imine (C=N–C) groups is 1. The Morgan fingerprint density at radius 1 is 1.25 bits per heavy atom. The number of nitrogens with zero attached hydrogens (tertiary/aromatic N) is 2. The van der Waals surface area contributed by atoms with Crippen molar-refractivity contribution in [1.82, 2.24) is 14.9 Å². The number of hydrogen-bond acceptors (Lipinski definition) is 4. The summed E-state index contributed by atoms with van der Waals surface area (Å²) >= 11 is 0. The quantitative estimate of drug-likeness (QED) is 0.519. The molecule has 158 valence electrons. The fourth-order valence-electron chi connectivity index (χ4n) is 3.26. The van der Waals surface area contributed by atoms with Crippen LogP contribution in [-0.2, 0) is 21.2 Å². The maximum atomic E-state index is 13.2. The van der Waals surface area contributed by atoms with E-state index in [-0.39, 0.29) is 30.3 Å². The van der Waals surface area contributed by atoms with E-state index >= 15 is 0 Å². The van der Waals surface area contributed by atoms with Crippen LogP contribution in [0.5, 0.6) is 0 Å². The Hall–Kier alpha value is -1.71. The number of benzene rings is 1. The molecule has 7 nitrogen and oxygen atoms in total. The van der Waals surface area contributed by atoms with Crippen LogP contribution in [0, 0.1) is 12.7 Å². The van der Waals surface area contributed by atoms with Crippen LogP contribution in [0.15, 0.2) is 23.2 Å². The highest BCUT2D eigenvalue weighted by atomic mass is 32.2. The van der Waals surface area contributed by atoms with E-state index in [1.165, 1.54) is 16.4 Å². The summed E-state index contributed by atoms with van der Waals surface area (Å²) in [6.45, 7) is 7.28.